The number of rotatable bonds is 3. The summed E-state index contributed by atoms with van der Waals surface area (Å²) in [5, 5.41) is 3.04. The van der Waals surface area contributed by atoms with E-state index in [9.17, 15) is 13.2 Å². The minimum atomic E-state index is -3.65. The average Bonchev–Trinajstić information content (AvgIpc) is 2.68. The van der Waals surface area contributed by atoms with Crippen LogP contribution in [-0.2, 0) is 9.84 Å². The third-order valence-electron chi connectivity index (χ3n) is 2.64. The number of amides is 1. The highest BCUT2D eigenvalue weighted by atomic mass is 32.2. The van der Waals surface area contributed by atoms with Gasteiger partial charge in [0.2, 0.25) is 9.84 Å². The Hall–Kier alpha value is -1.89. The number of pyridine rings is 1. The number of sulfone groups is 1. The van der Waals surface area contributed by atoms with E-state index in [1.807, 2.05) is 0 Å². The van der Waals surface area contributed by atoms with Crippen LogP contribution in [0, 0.1) is 0 Å². The highest BCUT2D eigenvalue weighted by Crippen LogP contribution is 2.23. The maximum Gasteiger partial charge on any atom is 0.253 e. The van der Waals surface area contributed by atoms with Crippen LogP contribution >= 0.6 is 0 Å². The molecule has 0 fully saturated rings. The predicted octanol–water partition coefficient (Wildman–Crippen LogP) is 0.615. The van der Waals surface area contributed by atoms with E-state index in [2.05, 4.69) is 5.10 Å². The van der Waals surface area contributed by atoms with Crippen molar-refractivity contribution in [1.82, 2.24) is 9.61 Å². The van der Waals surface area contributed by atoms with Gasteiger partial charge in [-0.1, -0.05) is 6.07 Å². The van der Waals surface area contributed by atoms with Gasteiger partial charge < -0.3 is 5.73 Å². The van der Waals surface area contributed by atoms with E-state index >= 15 is 0 Å². The van der Waals surface area contributed by atoms with Gasteiger partial charge in [0.15, 0.2) is 5.03 Å². The van der Waals surface area contributed by atoms with Crippen LogP contribution in [0.15, 0.2) is 29.4 Å². The zero-order valence-electron chi connectivity index (χ0n) is 9.99. The fourth-order valence-electron chi connectivity index (χ4n) is 1.63. The summed E-state index contributed by atoms with van der Waals surface area (Å²) in [6, 6.07) is 4.98. The van der Waals surface area contributed by atoms with Crippen LogP contribution in [0.3, 0.4) is 0 Å². The number of primary amides is 1. The molecular weight excluding hydrogens is 254 g/mol. The third kappa shape index (κ3) is 1.76. The second-order valence-corrected chi connectivity index (χ2v) is 6.59. The number of hydrogen-bond acceptors (Lipinski definition) is 4. The molecule has 0 bridgehead atoms. The van der Waals surface area contributed by atoms with Crippen molar-refractivity contribution in [2.45, 2.75) is 24.1 Å². The molecule has 0 aliphatic heterocycles. The fraction of sp³-hybridized carbons (Fsp3) is 0.273. The van der Waals surface area contributed by atoms with E-state index in [1.54, 1.807) is 24.4 Å². The minimum absolute atomic E-state index is 0.0516. The molecule has 2 rings (SSSR count). The SMILES string of the molecule is CC(C)S(=O)(=O)c1nn2ccccc2c1C(N)=O. The van der Waals surface area contributed by atoms with Gasteiger partial charge in [-0.2, -0.15) is 5.10 Å². The second-order valence-electron chi connectivity index (χ2n) is 4.17. The Kier molecular flexibility index (Phi) is 2.86. The number of fused-ring (bicyclic) bond motifs is 1. The minimum Gasteiger partial charge on any atom is -0.365 e. The molecule has 18 heavy (non-hydrogen) atoms. The molecule has 0 radical (unpaired) electrons. The molecule has 2 aromatic rings. The number of hydrogen-bond donors (Lipinski definition) is 1. The molecule has 2 aromatic heterocycles. The smallest absolute Gasteiger partial charge is 0.253 e. The first kappa shape index (κ1) is 12.6. The summed E-state index contributed by atoms with van der Waals surface area (Å²) >= 11 is 0. The molecule has 0 unspecified atom stereocenters. The zero-order chi connectivity index (χ0) is 13.5. The van der Waals surface area contributed by atoms with Gasteiger partial charge in [-0.15, -0.1) is 0 Å². The van der Waals surface area contributed by atoms with Crippen LogP contribution in [-0.4, -0.2) is 29.2 Å². The molecule has 6 nitrogen and oxygen atoms in total. The summed E-state index contributed by atoms with van der Waals surface area (Å²) in [5.74, 6) is -0.796. The number of carbonyl (C=O) groups is 1. The summed E-state index contributed by atoms with van der Waals surface area (Å²) in [6.45, 7) is 3.06. The first-order valence-corrected chi connectivity index (χ1v) is 6.91. The lowest BCUT2D eigenvalue weighted by molar-refractivity contribution is 0.0998. The van der Waals surface area contributed by atoms with Crippen molar-refractivity contribution in [3.63, 3.8) is 0 Å². The van der Waals surface area contributed by atoms with Crippen LogP contribution in [0.1, 0.15) is 24.2 Å². The van der Waals surface area contributed by atoms with Crippen molar-refractivity contribution in [3.8, 4) is 0 Å². The first-order chi connectivity index (χ1) is 8.35. The molecule has 0 aliphatic rings. The van der Waals surface area contributed by atoms with Gasteiger partial charge in [-0.3, -0.25) is 4.79 Å². The van der Waals surface area contributed by atoms with Crippen LogP contribution in [0.2, 0.25) is 0 Å². The van der Waals surface area contributed by atoms with Crippen LogP contribution in [0.5, 0.6) is 0 Å². The highest BCUT2D eigenvalue weighted by molar-refractivity contribution is 7.92. The second kappa shape index (κ2) is 4.09. The van der Waals surface area contributed by atoms with Gasteiger partial charge >= 0.3 is 0 Å². The molecule has 2 heterocycles. The summed E-state index contributed by atoms with van der Waals surface area (Å²) in [7, 11) is -3.65. The highest BCUT2D eigenvalue weighted by Gasteiger charge is 2.30. The zero-order valence-corrected chi connectivity index (χ0v) is 10.8. The van der Waals surface area contributed by atoms with Gasteiger partial charge in [0.25, 0.3) is 5.91 Å². The molecular formula is C11H13N3O3S. The van der Waals surface area contributed by atoms with Crippen molar-refractivity contribution in [3.05, 3.63) is 30.0 Å². The molecule has 0 aromatic carbocycles. The number of aromatic nitrogens is 2. The maximum absolute atomic E-state index is 12.1. The molecule has 0 saturated heterocycles. The van der Waals surface area contributed by atoms with E-state index in [0.717, 1.165) is 0 Å². The molecule has 1 amide bonds. The Bertz CT molecular complexity index is 716. The maximum atomic E-state index is 12.1. The van der Waals surface area contributed by atoms with Crippen molar-refractivity contribution >= 4 is 21.3 Å². The van der Waals surface area contributed by atoms with Gasteiger partial charge in [0.1, 0.15) is 5.56 Å². The van der Waals surface area contributed by atoms with Crippen molar-refractivity contribution in [1.29, 1.82) is 0 Å². The number of nitrogens with two attached hydrogens (primary N) is 1. The monoisotopic (exact) mass is 267 g/mol. The lowest BCUT2D eigenvalue weighted by Crippen LogP contribution is -2.20. The summed E-state index contributed by atoms with van der Waals surface area (Å²) < 4.78 is 25.6. The van der Waals surface area contributed by atoms with E-state index in [1.165, 1.54) is 18.4 Å². The lowest BCUT2D eigenvalue weighted by Gasteiger charge is -2.05. The van der Waals surface area contributed by atoms with Crippen LogP contribution < -0.4 is 5.73 Å². The van der Waals surface area contributed by atoms with Crippen molar-refractivity contribution in [2.24, 2.45) is 5.73 Å². The van der Waals surface area contributed by atoms with Crippen LogP contribution in [0.25, 0.3) is 5.52 Å². The van der Waals surface area contributed by atoms with Gasteiger partial charge in [-0.05, 0) is 26.0 Å². The third-order valence-corrected chi connectivity index (χ3v) is 4.71. The van der Waals surface area contributed by atoms with E-state index in [4.69, 9.17) is 5.73 Å². The molecule has 0 atom stereocenters. The Labute approximate surface area is 104 Å². The van der Waals surface area contributed by atoms with Gasteiger partial charge in [-0.25, -0.2) is 12.9 Å². The van der Waals surface area contributed by atoms with Gasteiger partial charge in [0, 0.05) is 6.20 Å². The standard InChI is InChI=1S/C11H13N3O3S/c1-7(2)18(16,17)11-9(10(12)15)8-5-3-4-6-14(8)13-11/h3-7H,1-2H3,(H2,12,15). The van der Waals surface area contributed by atoms with Crippen LogP contribution in [0.4, 0.5) is 0 Å². The summed E-state index contributed by atoms with van der Waals surface area (Å²) in [5.41, 5.74) is 5.61. The predicted molar refractivity (Wildman–Crippen MR) is 66.0 cm³/mol. The molecule has 2 N–H and O–H groups in total. The van der Waals surface area contributed by atoms with Crippen molar-refractivity contribution in [2.75, 3.05) is 0 Å². The fourth-order valence-corrected chi connectivity index (χ4v) is 2.77. The van der Waals surface area contributed by atoms with E-state index in [0.29, 0.717) is 5.52 Å². The van der Waals surface area contributed by atoms with E-state index < -0.39 is 21.0 Å². The number of carbonyl (C=O) groups excluding carboxylic acids is 1. The molecule has 0 saturated carbocycles. The summed E-state index contributed by atoms with van der Waals surface area (Å²) in [4.78, 5) is 11.5. The molecule has 0 spiro atoms. The largest absolute Gasteiger partial charge is 0.365 e. The number of nitrogens with zero attached hydrogens (tertiary/aromatic N) is 2. The molecule has 7 heteroatoms. The Morgan fingerprint density at radius 3 is 2.61 bits per heavy atom. The quantitative estimate of drug-likeness (QED) is 0.881. The summed E-state index contributed by atoms with van der Waals surface area (Å²) in [6.07, 6.45) is 1.57. The lowest BCUT2D eigenvalue weighted by atomic mass is 10.2. The van der Waals surface area contributed by atoms with Gasteiger partial charge in [0.05, 0.1) is 10.8 Å². The normalized spacial score (nSPS) is 12.2. The first-order valence-electron chi connectivity index (χ1n) is 5.36. The van der Waals surface area contributed by atoms with E-state index in [-0.39, 0.29) is 10.6 Å². The Morgan fingerprint density at radius 1 is 1.39 bits per heavy atom. The Morgan fingerprint density at radius 2 is 2.06 bits per heavy atom. The Balaban J connectivity index is 2.88. The van der Waals surface area contributed by atoms with Crippen molar-refractivity contribution < 1.29 is 13.2 Å². The average molecular weight is 267 g/mol. The molecule has 96 valence electrons. The topological polar surface area (TPSA) is 94.5 Å². The molecule has 0 aliphatic carbocycles.